The zero-order valence-electron chi connectivity index (χ0n) is 12.0. The number of carbonyl (C=O) groups excluding carboxylic acids is 1. The Balaban J connectivity index is 2.83. The van der Waals surface area contributed by atoms with Crippen LogP contribution in [0.2, 0.25) is 0 Å². The van der Waals surface area contributed by atoms with Crippen LogP contribution in [0.1, 0.15) is 40.0 Å². The maximum Gasteiger partial charge on any atom is 0.596 e. The molecule has 0 aromatic rings. The molecule has 19 heavy (non-hydrogen) atoms. The van der Waals surface area contributed by atoms with Gasteiger partial charge in [-0.15, -0.1) is 4.58 Å². The van der Waals surface area contributed by atoms with Gasteiger partial charge in [-0.2, -0.15) is 4.79 Å². The van der Waals surface area contributed by atoms with Crippen molar-refractivity contribution in [2.24, 2.45) is 0 Å². The summed E-state index contributed by atoms with van der Waals surface area (Å²) in [6, 6.07) is -1.75. The van der Waals surface area contributed by atoms with E-state index in [-0.39, 0.29) is 6.42 Å². The van der Waals surface area contributed by atoms with Gasteiger partial charge in [0.1, 0.15) is 18.4 Å². The average molecular weight is 277 g/mol. The molecule has 1 saturated carbocycles. The van der Waals surface area contributed by atoms with Gasteiger partial charge in [0.25, 0.3) is 5.92 Å². The summed E-state index contributed by atoms with van der Waals surface area (Å²) in [6.45, 7) is 8.77. The summed E-state index contributed by atoms with van der Waals surface area (Å²) in [6.07, 6.45) is 0.0153. The van der Waals surface area contributed by atoms with Gasteiger partial charge in [0.05, 0.1) is 0 Å². The minimum atomic E-state index is -2.84. The van der Waals surface area contributed by atoms with Crippen LogP contribution in [0.5, 0.6) is 0 Å². The van der Waals surface area contributed by atoms with Gasteiger partial charge < -0.3 is 10.1 Å². The largest absolute Gasteiger partial charge is 0.596 e. The molecule has 1 amide bonds. The SMILES string of the molecule is C=[N+](C(=O)OC(C)(C)C)C1CCCC(F)(F)C1NC. The van der Waals surface area contributed by atoms with E-state index in [9.17, 15) is 13.6 Å². The second-order valence-electron chi connectivity index (χ2n) is 5.94. The van der Waals surface area contributed by atoms with Crippen LogP contribution in [0.3, 0.4) is 0 Å². The molecule has 0 radical (unpaired) electrons. The Morgan fingerprint density at radius 1 is 1.47 bits per heavy atom. The molecule has 1 fully saturated rings. The summed E-state index contributed by atoms with van der Waals surface area (Å²) in [5.74, 6) is -2.84. The van der Waals surface area contributed by atoms with Crippen molar-refractivity contribution in [2.45, 2.75) is 63.6 Å². The van der Waals surface area contributed by atoms with Crippen LogP contribution >= 0.6 is 0 Å². The maximum atomic E-state index is 13.8. The number of nitrogens with zero attached hydrogens (tertiary/aromatic N) is 1. The van der Waals surface area contributed by atoms with E-state index in [1.165, 1.54) is 7.05 Å². The first-order valence-corrected chi connectivity index (χ1v) is 6.46. The zero-order valence-corrected chi connectivity index (χ0v) is 12.0. The number of carbonyl (C=O) groups is 1. The molecule has 110 valence electrons. The highest BCUT2D eigenvalue weighted by Crippen LogP contribution is 2.35. The van der Waals surface area contributed by atoms with Crippen LogP contribution in [0.25, 0.3) is 0 Å². The third-order valence-electron chi connectivity index (χ3n) is 3.19. The van der Waals surface area contributed by atoms with Crippen molar-refractivity contribution in [2.75, 3.05) is 7.05 Å². The van der Waals surface area contributed by atoms with Gasteiger partial charge in [0.15, 0.2) is 6.04 Å². The van der Waals surface area contributed by atoms with Gasteiger partial charge in [-0.25, -0.2) is 8.78 Å². The molecule has 6 heteroatoms. The second-order valence-corrected chi connectivity index (χ2v) is 5.94. The quantitative estimate of drug-likeness (QED) is 0.622. The van der Waals surface area contributed by atoms with Crippen molar-refractivity contribution in [3.8, 4) is 0 Å². The van der Waals surface area contributed by atoms with Gasteiger partial charge >= 0.3 is 6.09 Å². The normalized spacial score (nSPS) is 26.8. The molecule has 0 aromatic carbocycles. The first-order valence-electron chi connectivity index (χ1n) is 6.46. The third-order valence-corrected chi connectivity index (χ3v) is 3.19. The van der Waals surface area contributed by atoms with Gasteiger partial charge in [0.2, 0.25) is 0 Å². The lowest BCUT2D eigenvalue weighted by Crippen LogP contribution is -2.58. The van der Waals surface area contributed by atoms with E-state index in [2.05, 4.69) is 12.0 Å². The monoisotopic (exact) mass is 277 g/mol. The van der Waals surface area contributed by atoms with Crippen LogP contribution in [-0.2, 0) is 4.74 Å². The first kappa shape index (κ1) is 16.0. The molecule has 2 unspecified atom stereocenters. The van der Waals surface area contributed by atoms with Gasteiger partial charge in [-0.05, 0) is 34.2 Å². The number of hydrogen-bond donors (Lipinski definition) is 1. The van der Waals surface area contributed by atoms with E-state index in [1.807, 2.05) is 0 Å². The van der Waals surface area contributed by atoms with Crippen LogP contribution in [0.15, 0.2) is 0 Å². The molecule has 2 atom stereocenters. The Kier molecular flexibility index (Phi) is 4.66. The molecule has 1 aliphatic carbocycles. The number of hydrogen-bond acceptors (Lipinski definition) is 3. The molecule has 0 saturated heterocycles. The van der Waals surface area contributed by atoms with Crippen molar-refractivity contribution in [1.82, 2.24) is 5.32 Å². The molecule has 0 bridgehead atoms. The van der Waals surface area contributed by atoms with Crippen LogP contribution in [0, 0.1) is 0 Å². The number of likely N-dealkylation sites (N-methyl/N-ethyl adjacent to an activating group) is 1. The topological polar surface area (TPSA) is 41.3 Å². The van der Waals surface area contributed by atoms with Crippen molar-refractivity contribution >= 4 is 12.8 Å². The standard InChI is InChI=1S/C13H23F2N2O2/c1-12(2,3)19-11(18)17(5)9-7-6-8-13(14,15)10(9)16-4/h9-10,16H,5-8H2,1-4H3/q+1. The lowest BCUT2D eigenvalue weighted by molar-refractivity contribution is -0.498. The van der Waals surface area contributed by atoms with E-state index < -0.39 is 29.7 Å². The predicted molar refractivity (Wildman–Crippen MR) is 69.0 cm³/mol. The molecule has 0 aliphatic heterocycles. The Labute approximate surface area is 112 Å². The lowest BCUT2D eigenvalue weighted by atomic mass is 9.86. The Bertz CT molecular complexity index is 364. The van der Waals surface area contributed by atoms with E-state index >= 15 is 0 Å². The van der Waals surface area contributed by atoms with Crippen molar-refractivity contribution < 1.29 is 22.9 Å². The molecule has 1 N–H and O–H groups in total. The van der Waals surface area contributed by atoms with E-state index in [0.29, 0.717) is 12.8 Å². The van der Waals surface area contributed by atoms with Gasteiger partial charge in [-0.1, -0.05) is 0 Å². The molecular formula is C13H23F2N2O2+. The summed E-state index contributed by atoms with van der Waals surface area (Å²) in [4.78, 5) is 11.9. The Hall–Kier alpha value is -1.04. The number of alkyl halides is 2. The second kappa shape index (κ2) is 5.53. The first-order chi connectivity index (χ1) is 8.58. The molecule has 1 rings (SSSR count). The molecule has 4 nitrogen and oxygen atoms in total. The fourth-order valence-electron chi connectivity index (χ4n) is 2.35. The van der Waals surface area contributed by atoms with Crippen LogP contribution in [0.4, 0.5) is 13.6 Å². The molecule has 1 aliphatic rings. The molecule has 0 spiro atoms. The molecular weight excluding hydrogens is 254 g/mol. The number of ether oxygens (including phenoxy) is 1. The average Bonchev–Trinajstić information content (AvgIpc) is 2.24. The maximum absolute atomic E-state index is 13.8. The van der Waals surface area contributed by atoms with E-state index in [0.717, 1.165) is 4.58 Å². The van der Waals surface area contributed by atoms with Gasteiger partial charge in [0, 0.05) is 12.8 Å². The van der Waals surface area contributed by atoms with Crippen molar-refractivity contribution in [1.29, 1.82) is 0 Å². The fraction of sp³-hybridized carbons (Fsp3) is 0.846. The third kappa shape index (κ3) is 3.96. The summed E-state index contributed by atoms with van der Waals surface area (Å²) in [5, 5.41) is 2.60. The Morgan fingerprint density at radius 3 is 2.53 bits per heavy atom. The number of amides is 1. The summed E-state index contributed by atoms with van der Waals surface area (Å²) >= 11 is 0. The highest BCUT2D eigenvalue weighted by molar-refractivity contribution is 5.61. The van der Waals surface area contributed by atoms with E-state index in [4.69, 9.17) is 4.74 Å². The lowest BCUT2D eigenvalue weighted by Gasteiger charge is -2.34. The fourth-order valence-corrected chi connectivity index (χ4v) is 2.35. The minimum Gasteiger partial charge on any atom is -0.406 e. The minimum absolute atomic E-state index is 0.169. The summed E-state index contributed by atoms with van der Waals surface area (Å²) < 4.78 is 33.8. The summed E-state index contributed by atoms with van der Waals surface area (Å²) in [7, 11) is 1.47. The van der Waals surface area contributed by atoms with Crippen molar-refractivity contribution in [3.05, 3.63) is 0 Å². The van der Waals surface area contributed by atoms with Crippen LogP contribution < -0.4 is 5.32 Å². The summed E-state index contributed by atoms with van der Waals surface area (Å²) in [5.41, 5.74) is -0.667. The smallest absolute Gasteiger partial charge is 0.406 e. The van der Waals surface area contributed by atoms with E-state index in [1.54, 1.807) is 20.8 Å². The number of rotatable bonds is 2. The van der Waals surface area contributed by atoms with Crippen molar-refractivity contribution in [3.63, 3.8) is 0 Å². The number of halogens is 2. The highest BCUT2D eigenvalue weighted by Gasteiger charge is 2.52. The van der Waals surface area contributed by atoms with Gasteiger partial charge in [-0.3, -0.25) is 0 Å². The Morgan fingerprint density at radius 2 is 2.05 bits per heavy atom. The molecule has 0 aromatic heterocycles. The zero-order chi connectivity index (χ0) is 14.8. The number of nitrogens with one attached hydrogen (secondary N) is 1. The highest BCUT2D eigenvalue weighted by atomic mass is 19.3. The van der Waals surface area contributed by atoms with Crippen LogP contribution in [-0.4, -0.2) is 48.0 Å². The predicted octanol–water partition coefficient (Wildman–Crippen LogP) is 2.41. The molecule has 0 heterocycles.